The van der Waals surface area contributed by atoms with Crippen molar-refractivity contribution in [2.75, 3.05) is 20.3 Å². The second-order valence-corrected chi connectivity index (χ2v) is 4.47. The molecule has 0 aliphatic carbocycles. The van der Waals surface area contributed by atoms with Gasteiger partial charge in [0.15, 0.2) is 0 Å². The van der Waals surface area contributed by atoms with Gasteiger partial charge in [-0.2, -0.15) is 5.26 Å². The molecule has 0 saturated carbocycles. The number of ether oxygens (including phenoxy) is 2. The van der Waals surface area contributed by atoms with Crippen LogP contribution in [0.4, 0.5) is 0 Å². The van der Waals surface area contributed by atoms with E-state index in [4.69, 9.17) is 9.47 Å². The predicted octanol–water partition coefficient (Wildman–Crippen LogP) is 2.51. The second-order valence-electron chi connectivity index (χ2n) is 4.47. The normalized spacial score (nSPS) is 18.9. The molecule has 3 nitrogen and oxygen atoms in total. The van der Waals surface area contributed by atoms with Crippen molar-refractivity contribution >= 4 is 0 Å². The lowest BCUT2D eigenvalue weighted by Crippen LogP contribution is -2.51. The average molecular weight is 231 g/mol. The monoisotopic (exact) mass is 231 g/mol. The van der Waals surface area contributed by atoms with Gasteiger partial charge in [0.2, 0.25) is 0 Å². The number of benzene rings is 1. The van der Waals surface area contributed by atoms with Gasteiger partial charge in [0.05, 0.1) is 37.7 Å². The summed E-state index contributed by atoms with van der Waals surface area (Å²) in [6.07, 6.45) is 0.853. The zero-order valence-electron chi connectivity index (χ0n) is 10.3. The molecule has 0 spiro atoms. The molecule has 1 fully saturated rings. The number of nitrogens with zero attached hydrogens (tertiary/aromatic N) is 1. The van der Waals surface area contributed by atoms with E-state index in [1.807, 2.05) is 24.3 Å². The molecule has 0 bridgehead atoms. The minimum Gasteiger partial charge on any atom is -0.497 e. The minimum absolute atomic E-state index is 0.0182. The van der Waals surface area contributed by atoms with Gasteiger partial charge in [0, 0.05) is 0 Å². The van der Waals surface area contributed by atoms with Gasteiger partial charge < -0.3 is 9.47 Å². The highest BCUT2D eigenvalue weighted by Crippen LogP contribution is 2.41. The van der Waals surface area contributed by atoms with Crippen LogP contribution in [0.25, 0.3) is 0 Å². The molecule has 1 aliphatic heterocycles. The molecule has 1 aromatic rings. The van der Waals surface area contributed by atoms with Gasteiger partial charge in [-0.25, -0.2) is 0 Å². The lowest BCUT2D eigenvalue weighted by molar-refractivity contribution is -0.0805. The fraction of sp³-hybridized carbons (Fsp3) is 0.500. The van der Waals surface area contributed by atoms with Gasteiger partial charge in [-0.15, -0.1) is 0 Å². The highest BCUT2D eigenvalue weighted by atomic mass is 16.5. The average Bonchev–Trinajstić information content (AvgIpc) is 2.34. The van der Waals surface area contributed by atoms with Crippen LogP contribution in [0.5, 0.6) is 5.75 Å². The van der Waals surface area contributed by atoms with Crippen LogP contribution in [0.1, 0.15) is 18.9 Å². The SMILES string of the molecule is CCC(C#N)C1(c2ccc(OC)cc2)COC1. The predicted molar refractivity (Wildman–Crippen MR) is 64.9 cm³/mol. The van der Waals surface area contributed by atoms with E-state index >= 15 is 0 Å². The number of hydrogen-bond donors (Lipinski definition) is 0. The maximum Gasteiger partial charge on any atom is 0.118 e. The molecular formula is C14H17NO2. The van der Waals surface area contributed by atoms with Crippen molar-refractivity contribution in [1.82, 2.24) is 0 Å². The third kappa shape index (κ3) is 1.89. The largest absolute Gasteiger partial charge is 0.497 e. The molecule has 1 atom stereocenters. The van der Waals surface area contributed by atoms with Crippen molar-refractivity contribution in [2.45, 2.75) is 18.8 Å². The molecule has 1 saturated heterocycles. The maximum atomic E-state index is 9.26. The van der Waals surface area contributed by atoms with Crippen LogP contribution in [-0.4, -0.2) is 20.3 Å². The second kappa shape index (κ2) is 4.77. The summed E-state index contributed by atoms with van der Waals surface area (Å²) in [6.45, 7) is 3.34. The van der Waals surface area contributed by atoms with Crippen LogP contribution in [0.3, 0.4) is 0 Å². The van der Waals surface area contributed by atoms with E-state index in [2.05, 4.69) is 13.0 Å². The third-order valence-corrected chi connectivity index (χ3v) is 3.62. The summed E-state index contributed by atoms with van der Waals surface area (Å²) in [7, 11) is 1.65. The molecule has 90 valence electrons. The fourth-order valence-electron chi connectivity index (χ4n) is 2.42. The number of nitriles is 1. The van der Waals surface area contributed by atoms with E-state index in [0.29, 0.717) is 13.2 Å². The Morgan fingerprint density at radius 3 is 2.41 bits per heavy atom. The maximum absolute atomic E-state index is 9.26. The Morgan fingerprint density at radius 1 is 1.41 bits per heavy atom. The number of methoxy groups -OCH3 is 1. The van der Waals surface area contributed by atoms with Crippen LogP contribution in [-0.2, 0) is 10.2 Å². The van der Waals surface area contributed by atoms with Gasteiger partial charge in [-0.3, -0.25) is 0 Å². The summed E-state index contributed by atoms with van der Waals surface area (Å²) in [4.78, 5) is 0. The Morgan fingerprint density at radius 2 is 2.06 bits per heavy atom. The Balaban J connectivity index is 2.31. The van der Waals surface area contributed by atoms with Crippen LogP contribution in [0, 0.1) is 17.2 Å². The summed E-state index contributed by atoms with van der Waals surface area (Å²) in [5.74, 6) is 0.860. The Hall–Kier alpha value is -1.53. The topological polar surface area (TPSA) is 42.2 Å². The van der Waals surface area contributed by atoms with Crippen LogP contribution in [0.2, 0.25) is 0 Å². The smallest absolute Gasteiger partial charge is 0.118 e. The van der Waals surface area contributed by atoms with Crippen molar-refractivity contribution in [1.29, 1.82) is 5.26 Å². The van der Waals surface area contributed by atoms with Crippen molar-refractivity contribution in [2.24, 2.45) is 5.92 Å². The van der Waals surface area contributed by atoms with Gasteiger partial charge in [0.25, 0.3) is 0 Å². The summed E-state index contributed by atoms with van der Waals surface area (Å²) >= 11 is 0. The molecular weight excluding hydrogens is 214 g/mol. The zero-order valence-corrected chi connectivity index (χ0v) is 10.3. The first-order chi connectivity index (χ1) is 8.26. The molecule has 0 N–H and O–H groups in total. The fourth-order valence-corrected chi connectivity index (χ4v) is 2.42. The summed E-state index contributed by atoms with van der Waals surface area (Å²) in [5, 5.41) is 9.26. The minimum atomic E-state index is -0.115. The van der Waals surface area contributed by atoms with Crippen LogP contribution < -0.4 is 4.74 Å². The molecule has 1 aromatic carbocycles. The molecule has 0 amide bonds. The summed E-state index contributed by atoms with van der Waals surface area (Å²) in [5.41, 5.74) is 1.06. The van der Waals surface area contributed by atoms with Crippen molar-refractivity contribution < 1.29 is 9.47 Å². The third-order valence-electron chi connectivity index (χ3n) is 3.62. The highest BCUT2D eigenvalue weighted by molar-refractivity contribution is 5.36. The van der Waals surface area contributed by atoms with E-state index in [9.17, 15) is 5.26 Å². The van der Waals surface area contributed by atoms with E-state index in [1.54, 1.807) is 7.11 Å². The summed E-state index contributed by atoms with van der Waals surface area (Å²) in [6, 6.07) is 10.4. The first-order valence-electron chi connectivity index (χ1n) is 5.88. The van der Waals surface area contributed by atoms with Crippen molar-refractivity contribution in [3.8, 4) is 11.8 Å². The van der Waals surface area contributed by atoms with Gasteiger partial charge in [0.1, 0.15) is 5.75 Å². The van der Waals surface area contributed by atoms with E-state index in [0.717, 1.165) is 12.2 Å². The first-order valence-corrected chi connectivity index (χ1v) is 5.88. The molecule has 2 rings (SSSR count). The van der Waals surface area contributed by atoms with E-state index in [1.165, 1.54) is 5.56 Å². The van der Waals surface area contributed by atoms with Gasteiger partial charge in [-0.1, -0.05) is 19.1 Å². The standard InChI is InChI=1S/C14H17NO2/c1-3-11(8-15)14(9-17-10-14)12-4-6-13(16-2)7-5-12/h4-7,11H,3,9-10H2,1-2H3. The molecule has 0 aromatic heterocycles. The Kier molecular flexibility index (Phi) is 3.35. The Bertz CT molecular complexity index is 415. The van der Waals surface area contributed by atoms with Gasteiger partial charge in [-0.05, 0) is 24.1 Å². The highest BCUT2D eigenvalue weighted by Gasteiger charge is 2.46. The Labute approximate surface area is 102 Å². The quantitative estimate of drug-likeness (QED) is 0.799. The van der Waals surface area contributed by atoms with Crippen molar-refractivity contribution in [3.05, 3.63) is 29.8 Å². The lowest BCUT2D eigenvalue weighted by atomic mass is 9.68. The number of hydrogen-bond acceptors (Lipinski definition) is 3. The lowest BCUT2D eigenvalue weighted by Gasteiger charge is -2.45. The van der Waals surface area contributed by atoms with Crippen molar-refractivity contribution in [3.63, 3.8) is 0 Å². The molecule has 1 unspecified atom stereocenters. The molecule has 0 radical (unpaired) electrons. The van der Waals surface area contributed by atoms with Crippen LogP contribution >= 0.6 is 0 Å². The van der Waals surface area contributed by atoms with Crippen LogP contribution in [0.15, 0.2) is 24.3 Å². The molecule has 1 heterocycles. The summed E-state index contributed by atoms with van der Waals surface area (Å²) < 4.78 is 10.5. The van der Waals surface area contributed by atoms with Gasteiger partial charge >= 0.3 is 0 Å². The first kappa shape index (κ1) is 11.9. The number of rotatable bonds is 4. The van der Waals surface area contributed by atoms with E-state index < -0.39 is 0 Å². The molecule has 1 aliphatic rings. The molecule has 3 heteroatoms. The van der Waals surface area contributed by atoms with E-state index in [-0.39, 0.29) is 11.3 Å². The molecule has 17 heavy (non-hydrogen) atoms. The zero-order chi connectivity index (χ0) is 12.3.